The molecule has 0 fully saturated rings. The third kappa shape index (κ3) is 1.81. The number of carbonyl (C=O) groups is 2. The Bertz CT molecular complexity index is 235. The molecule has 0 aromatic carbocycles. The molecule has 0 aliphatic carbocycles. The molecule has 0 bridgehead atoms. The maximum atomic E-state index is 11.0. The van der Waals surface area contributed by atoms with Gasteiger partial charge >= 0.3 is 5.97 Å². The van der Waals surface area contributed by atoms with E-state index >= 15 is 0 Å². The summed E-state index contributed by atoms with van der Waals surface area (Å²) >= 11 is 0. The van der Waals surface area contributed by atoms with E-state index in [-0.39, 0.29) is 12.3 Å². The van der Waals surface area contributed by atoms with Crippen LogP contribution in [0.15, 0.2) is 4.99 Å². The predicted molar refractivity (Wildman–Crippen MR) is 41.9 cm³/mol. The summed E-state index contributed by atoms with van der Waals surface area (Å²) < 4.78 is 4.62. The van der Waals surface area contributed by atoms with Gasteiger partial charge in [-0.25, -0.2) is 4.79 Å². The van der Waals surface area contributed by atoms with Crippen LogP contribution >= 0.6 is 0 Å². The van der Waals surface area contributed by atoms with E-state index in [0.717, 1.165) is 0 Å². The van der Waals surface area contributed by atoms with Crippen molar-refractivity contribution in [3.63, 3.8) is 0 Å². The number of esters is 1. The number of hydrogen-bond acceptors (Lipinski definition) is 4. The van der Waals surface area contributed by atoms with Crippen LogP contribution in [0, 0.1) is 0 Å². The monoisotopic (exact) mass is 170 g/mol. The third-order valence-electron chi connectivity index (χ3n) is 1.35. The van der Waals surface area contributed by atoms with E-state index in [0.29, 0.717) is 13.1 Å². The average Bonchev–Trinajstić information content (AvgIpc) is 2.05. The quantitative estimate of drug-likeness (QED) is 0.547. The Labute approximate surface area is 69.8 Å². The van der Waals surface area contributed by atoms with Crippen LogP contribution in [-0.2, 0) is 14.3 Å². The lowest BCUT2D eigenvalue weighted by molar-refractivity contribution is -0.136. The zero-order chi connectivity index (χ0) is 8.97. The van der Waals surface area contributed by atoms with Crippen LogP contribution in [0.5, 0.6) is 0 Å². The first kappa shape index (κ1) is 8.70. The highest BCUT2D eigenvalue weighted by Gasteiger charge is 2.23. The maximum absolute atomic E-state index is 11.0. The molecule has 0 aromatic heterocycles. The van der Waals surface area contributed by atoms with Crippen molar-refractivity contribution in [1.82, 2.24) is 5.32 Å². The molecule has 0 spiro atoms. The summed E-state index contributed by atoms with van der Waals surface area (Å²) in [5.41, 5.74) is -0.122. The Morgan fingerprint density at radius 3 is 3.08 bits per heavy atom. The summed E-state index contributed by atoms with van der Waals surface area (Å²) in [6, 6.07) is 0. The van der Waals surface area contributed by atoms with E-state index < -0.39 is 11.9 Å². The van der Waals surface area contributed by atoms with Crippen LogP contribution in [0.1, 0.15) is 6.92 Å². The summed E-state index contributed by atoms with van der Waals surface area (Å²) in [4.78, 5) is 25.7. The Hall–Kier alpha value is -1.39. The van der Waals surface area contributed by atoms with Crippen LogP contribution in [0.25, 0.3) is 0 Å². The van der Waals surface area contributed by atoms with Crippen molar-refractivity contribution in [1.29, 1.82) is 0 Å². The van der Waals surface area contributed by atoms with E-state index in [2.05, 4.69) is 15.0 Å². The van der Waals surface area contributed by atoms with E-state index in [1.54, 1.807) is 6.92 Å². The molecule has 5 nitrogen and oxygen atoms in total. The number of nitrogens with one attached hydrogen (secondary N) is 1. The van der Waals surface area contributed by atoms with Gasteiger partial charge in [0.05, 0.1) is 13.2 Å². The van der Waals surface area contributed by atoms with Gasteiger partial charge < -0.3 is 10.1 Å². The molecule has 1 aliphatic heterocycles. The molecule has 1 N–H and O–H groups in total. The third-order valence-corrected chi connectivity index (χ3v) is 1.35. The molecule has 5 heteroatoms. The average molecular weight is 170 g/mol. The summed E-state index contributed by atoms with van der Waals surface area (Å²) in [7, 11) is 0. The van der Waals surface area contributed by atoms with Crippen molar-refractivity contribution in [2.75, 3.05) is 19.7 Å². The molecule has 12 heavy (non-hydrogen) atoms. The molecule has 0 saturated heterocycles. The van der Waals surface area contributed by atoms with Gasteiger partial charge in [-0.3, -0.25) is 9.79 Å². The van der Waals surface area contributed by atoms with Gasteiger partial charge in [-0.2, -0.15) is 0 Å². The van der Waals surface area contributed by atoms with Gasteiger partial charge in [0, 0.05) is 6.54 Å². The minimum Gasteiger partial charge on any atom is -0.461 e. The molecule has 0 atom stereocenters. The van der Waals surface area contributed by atoms with E-state index in [1.165, 1.54) is 0 Å². The maximum Gasteiger partial charge on any atom is 0.362 e. The van der Waals surface area contributed by atoms with Crippen LogP contribution in [0.4, 0.5) is 0 Å². The van der Waals surface area contributed by atoms with Gasteiger partial charge in [0.15, 0.2) is 0 Å². The SMILES string of the molecule is CCOC(=O)C1=NCCNC1=O. The number of rotatable bonds is 2. The number of amides is 1. The van der Waals surface area contributed by atoms with E-state index in [9.17, 15) is 9.59 Å². The first-order valence-electron chi connectivity index (χ1n) is 3.75. The zero-order valence-electron chi connectivity index (χ0n) is 6.79. The fraction of sp³-hybridized carbons (Fsp3) is 0.571. The zero-order valence-corrected chi connectivity index (χ0v) is 6.79. The van der Waals surface area contributed by atoms with Gasteiger partial charge in [-0.15, -0.1) is 0 Å². The topological polar surface area (TPSA) is 67.8 Å². The van der Waals surface area contributed by atoms with Crippen molar-refractivity contribution in [3.05, 3.63) is 0 Å². The smallest absolute Gasteiger partial charge is 0.362 e. The molecular weight excluding hydrogens is 160 g/mol. The Morgan fingerprint density at radius 1 is 1.75 bits per heavy atom. The lowest BCUT2D eigenvalue weighted by Gasteiger charge is -2.10. The van der Waals surface area contributed by atoms with E-state index in [1.807, 2.05) is 0 Å². The minimum atomic E-state index is -0.644. The highest BCUT2D eigenvalue weighted by Crippen LogP contribution is 1.91. The number of carbonyl (C=O) groups excluding carboxylic acids is 2. The predicted octanol–water partition coefficient (Wildman–Crippen LogP) is -0.880. The Morgan fingerprint density at radius 2 is 2.50 bits per heavy atom. The summed E-state index contributed by atoms with van der Waals surface area (Å²) in [6.45, 7) is 2.87. The second-order valence-corrected chi connectivity index (χ2v) is 2.21. The standard InChI is InChI=1S/C7H10N2O3/c1-2-12-7(11)5-6(10)9-4-3-8-5/h2-4H2,1H3,(H,9,10). The molecule has 1 aliphatic rings. The number of ether oxygens (including phenoxy) is 1. The number of aliphatic imine (C=N–C) groups is 1. The fourth-order valence-corrected chi connectivity index (χ4v) is 0.849. The largest absolute Gasteiger partial charge is 0.461 e. The van der Waals surface area contributed by atoms with Gasteiger partial charge in [0.1, 0.15) is 0 Å². The van der Waals surface area contributed by atoms with Crippen molar-refractivity contribution in [2.24, 2.45) is 4.99 Å². The molecule has 66 valence electrons. The normalized spacial score (nSPS) is 16.4. The van der Waals surface area contributed by atoms with Crippen molar-refractivity contribution < 1.29 is 14.3 Å². The van der Waals surface area contributed by atoms with Crippen molar-refractivity contribution in [3.8, 4) is 0 Å². The fourth-order valence-electron chi connectivity index (χ4n) is 0.849. The molecule has 1 amide bonds. The van der Waals surface area contributed by atoms with Crippen molar-refractivity contribution in [2.45, 2.75) is 6.92 Å². The van der Waals surface area contributed by atoms with Crippen LogP contribution in [0.3, 0.4) is 0 Å². The minimum absolute atomic E-state index is 0.122. The highest BCUT2D eigenvalue weighted by molar-refractivity contribution is 6.64. The number of nitrogens with zero attached hydrogens (tertiary/aromatic N) is 1. The highest BCUT2D eigenvalue weighted by atomic mass is 16.5. The summed E-state index contributed by atoms with van der Waals surface area (Å²) in [5, 5.41) is 2.50. The summed E-state index contributed by atoms with van der Waals surface area (Å²) in [5.74, 6) is -1.09. The lowest BCUT2D eigenvalue weighted by Crippen LogP contribution is -2.42. The van der Waals surface area contributed by atoms with E-state index in [4.69, 9.17) is 0 Å². The van der Waals surface area contributed by atoms with Gasteiger partial charge in [0.25, 0.3) is 5.91 Å². The number of hydrogen-bond donors (Lipinski definition) is 1. The first-order chi connectivity index (χ1) is 5.75. The molecule has 1 rings (SSSR count). The van der Waals surface area contributed by atoms with Crippen LogP contribution in [0.2, 0.25) is 0 Å². The van der Waals surface area contributed by atoms with Crippen molar-refractivity contribution >= 4 is 17.6 Å². The second-order valence-electron chi connectivity index (χ2n) is 2.21. The molecule has 0 aromatic rings. The van der Waals surface area contributed by atoms with Gasteiger partial charge in [0.2, 0.25) is 5.71 Å². The van der Waals surface area contributed by atoms with Crippen LogP contribution < -0.4 is 5.32 Å². The molecular formula is C7H10N2O3. The Balaban J connectivity index is 2.65. The second kappa shape index (κ2) is 3.85. The van der Waals surface area contributed by atoms with Gasteiger partial charge in [-0.1, -0.05) is 0 Å². The molecule has 0 saturated carbocycles. The van der Waals surface area contributed by atoms with Gasteiger partial charge in [-0.05, 0) is 6.92 Å². The molecule has 1 heterocycles. The molecule has 0 radical (unpaired) electrons. The molecule has 0 unspecified atom stereocenters. The first-order valence-corrected chi connectivity index (χ1v) is 3.75. The van der Waals surface area contributed by atoms with Crippen LogP contribution in [-0.4, -0.2) is 37.3 Å². The lowest BCUT2D eigenvalue weighted by atomic mass is 10.3. The Kier molecular flexibility index (Phi) is 2.79. The summed E-state index contributed by atoms with van der Waals surface area (Å²) in [6.07, 6.45) is 0.